The molecule has 16 heavy (non-hydrogen) atoms. The van der Waals surface area contributed by atoms with Crippen molar-refractivity contribution < 1.29 is 4.79 Å². The van der Waals surface area contributed by atoms with Gasteiger partial charge in [-0.3, -0.25) is 4.79 Å². The number of carbonyl (C=O) groups is 1. The molecule has 1 N–H and O–H groups in total. The van der Waals surface area contributed by atoms with E-state index in [0.29, 0.717) is 12.0 Å². The van der Waals surface area contributed by atoms with Gasteiger partial charge in [-0.15, -0.1) is 0 Å². The fourth-order valence-electron chi connectivity index (χ4n) is 2.29. The summed E-state index contributed by atoms with van der Waals surface area (Å²) in [7, 11) is 1.93. The average molecular weight is 226 g/mol. The number of hydrogen-bond donors (Lipinski definition) is 1. The molecular weight excluding hydrogens is 200 g/mol. The molecule has 1 amide bonds. The van der Waals surface area contributed by atoms with Gasteiger partial charge in [0, 0.05) is 19.6 Å². The summed E-state index contributed by atoms with van der Waals surface area (Å²) in [5.41, 5.74) is 0. The average Bonchev–Trinajstić information content (AvgIpc) is 2.27. The van der Waals surface area contributed by atoms with Crippen molar-refractivity contribution in [2.24, 2.45) is 5.92 Å². The third-order valence-electron chi connectivity index (χ3n) is 3.57. The summed E-state index contributed by atoms with van der Waals surface area (Å²) >= 11 is 0. The first-order chi connectivity index (χ1) is 7.54. The quantitative estimate of drug-likeness (QED) is 0.795. The van der Waals surface area contributed by atoms with Gasteiger partial charge in [-0.1, -0.05) is 20.3 Å². The molecule has 0 aromatic carbocycles. The third-order valence-corrected chi connectivity index (χ3v) is 3.57. The first-order valence-corrected chi connectivity index (χ1v) is 6.55. The molecule has 1 saturated heterocycles. The summed E-state index contributed by atoms with van der Waals surface area (Å²) in [6.07, 6.45) is 4.49. The van der Waals surface area contributed by atoms with Crippen LogP contribution in [0.1, 0.15) is 46.5 Å². The Balaban J connectivity index is 2.43. The van der Waals surface area contributed by atoms with E-state index in [1.54, 1.807) is 0 Å². The molecule has 0 aromatic heterocycles. The number of piperidine rings is 1. The van der Waals surface area contributed by atoms with E-state index in [-0.39, 0.29) is 11.9 Å². The van der Waals surface area contributed by atoms with Crippen LogP contribution >= 0.6 is 0 Å². The normalized spacial score (nSPS) is 27.5. The lowest BCUT2D eigenvalue weighted by Crippen LogP contribution is -2.51. The van der Waals surface area contributed by atoms with Crippen LogP contribution in [0, 0.1) is 5.92 Å². The smallest absolute Gasteiger partial charge is 0.239 e. The summed E-state index contributed by atoms with van der Waals surface area (Å²) in [4.78, 5) is 14.1. The zero-order chi connectivity index (χ0) is 12.1. The minimum Gasteiger partial charge on any atom is -0.344 e. The van der Waals surface area contributed by atoms with Crippen molar-refractivity contribution >= 4 is 5.91 Å². The predicted molar refractivity (Wildman–Crippen MR) is 67.3 cm³/mol. The van der Waals surface area contributed by atoms with E-state index >= 15 is 0 Å². The van der Waals surface area contributed by atoms with Gasteiger partial charge >= 0.3 is 0 Å². The molecule has 0 saturated carbocycles. The maximum atomic E-state index is 12.2. The molecule has 0 bridgehead atoms. The van der Waals surface area contributed by atoms with Crippen molar-refractivity contribution in [1.82, 2.24) is 10.2 Å². The molecule has 0 radical (unpaired) electrons. The molecule has 0 aromatic rings. The van der Waals surface area contributed by atoms with E-state index in [2.05, 4.69) is 26.1 Å². The van der Waals surface area contributed by atoms with Crippen LogP contribution < -0.4 is 5.32 Å². The Morgan fingerprint density at radius 1 is 1.50 bits per heavy atom. The summed E-state index contributed by atoms with van der Waals surface area (Å²) < 4.78 is 0. The van der Waals surface area contributed by atoms with Crippen molar-refractivity contribution in [2.75, 3.05) is 13.6 Å². The standard InChI is InChI=1S/C13H26N2O/c1-5-10(2)9-15(4)13(16)12-8-6-7-11(3)14-12/h10-12,14H,5-9H2,1-4H3. The van der Waals surface area contributed by atoms with Crippen LogP contribution in [0.5, 0.6) is 0 Å². The minimum atomic E-state index is 0.0535. The van der Waals surface area contributed by atoms with Gasteiger partial charge in [-0.25, -0.2) is 0 Å². The van der Waals surface area contributed by atoms with Gasteiger partial charge in [0.15, 0.2) is 0 Å². The van der Waals surface area contributed by atoms with E-state index < -0.39 is 0 Å². The van der Waals surface area contributed by atoms with Crippen molar-refractivity contribution in [2.45, 2.75) is 58.5 Å². The van der Waals surface area contributed by atoms with Crippen molar-refractivity contribution in [1.29, 1.82) is 0 Å². The van der Waals surface area contributed by atoms with Crippen LogP contribution in [0.3, 0.4) is 0 Å². The molecule has 3 atom stereocenters. The second kappa shape index (κ2) is 6.24. The molecule has 1 aliphatic heterocycles. The minimum absolute atomic E-state index is 0.0535. The Morgan fingerprint density at radius 2 is 2.19 bits per heavy atom. The van der Waals surface area contributed by atoms with Crippen molar-refractivity contribution in [3.63, 3.8) is 0 Å². The first kappa shape index (κ1) is 13.5. The second-order valence-corrected chi connectivity index (χ2v) is 5.28. The highest BCUT2D eigenvalue weighted by molar-refractivity contribution is 5.81. The van der Waals surface area contributed by atoms with Gasteiger partial charge < -0.3 is 10.2 Å². The highest BCUT2D eigenvalue weighted by atomic mass is 16.2. The van der Waals surface area contributed by atoms with E-state index in [1.165, 1.54) is 12.8 Å². The fraction of sp³-hybridized carbons (Fsp3) is 0.923. The molecule has 3 heteroatoms. The second-order valence-electron chi connectivity index (χ2n) is 5.28. The predicted octanol–water partition coefficient (Wildman–Crippen LogP) is 2.02. The van der Waals surface area contributed by atoms with Crippen LogP contribution in [-0.4, -0.2) is 36.5 Å². The summed E-state index contributed by atoms with van der Waals surface area (Å²) in [6, 6.07) is 0.539. The molecule has 3 nitrogen and oxygen atoms in total. The molecule has 94 valence electrons. The SMILES string of the molecule is CCC(C)CN(C)C(=O)C1CCCC(C)N1. The van der Waals surface area contributed by atoms with Crippen molar-refractivity contribution in [3.8, 4) is 0 Å². The summed E-state index contributed by atoms with van der Waals surface area (Å²) in [5, 5.41) is 3.40. The van der Waals surface area contributed by atoms with Crippen LogP contribution in [0.25, 0.3) is 0 Å². The highest BCUT2D eigenvalue weighted by Gasteiger charge is 2.26. The number of nitrogens with zero attached hydrogens (tertiary/aromatic N) is 1. The van der Waals surface area contributed by atoms with Gasteiger partial charge in [0.1, 0.15) is 0 Å². The van der Waals surface area contributed by atoms with Crippen LogP contribution in [0.2, 0.25) is 0 Å². The largest absolute Gasteiger partial charge is 0.344 e. The molecule has 0 aliphatic carbocycles. The molecule has 1 heterocycles. The van der Waals surface area contributed by atoms with E-state index in [9.17, 15) is 4.79 Å². The lowest BCUT2D eigenvalue weighted by atomic mass is 9.98. The Bertz CT molecular complexity index is 230. The topological polar surface area (TPSA) is 32.3 Å². The Kier molecular flexibility index (Phi) is 5.26. The molecular formula is C13H26N2O. The number of likely N-dealkylation sites (N-methyl/N-ethyl adjacent to an activating group) is 1. The summed E-state index contributed by atoms with van der Waals surface area (Å²) in [6.45, 7) is 7.40. The number of nitrogens with one attached hydrogen (secondary N) is 1. The monoisotopic (exact) mass is 226 g/mol. The third kappa shape index (κ3) is 3.78. The molecule has 1 aliphatic rings. The van der Waals surface area contributed by atoms with Gasteiger partial charge in [-0.2, -0.15) is 0 Å². The van der Waals surface area contributed by atoms with E-state index in [0.717, 1.165) is 19.4 Å². The molecule has 1 rings (SSSR count). The number of rotatable bonds is 4. The zero-order valence-electron chi connectivity index (χ0n) is 11.1. The van der Waals surface area contributed by atoms with Gasteiger partial charge in [0.05, 0.1) is 6.04 Å². The molecule has 0 spiro atoms. The van der Waals surface area contributed by atoms with Gasteiger partial charge in [0.2, 0.25) is 5.91 Å². The van der Waals surface area contributed by atoms with E-state index in [4.69, 9.17) is 0 Å². The maximum Gasteiger partial charge on any atom is 0.239 e. The Morgan fingerprint density at radius 3 is 2.75 bits per heavy atom. The van der Waals surface area contributed by atoms with Crippen LogP contribution in [-0.2, 0) is 4.79 Å². The van der Waals surface area contributed by atoms with Crippen LogP contribution in [0.15, 0.2) is 0 Å². The number of amides is 1. The lowest BCUT2D eigenvalue weighted by Gasteiger charge is -2.31. The van der Waals surface area contributed by atoms with Gasteiger partial charge in [-0.05, 0) is 32.1 Å². The van der Waals surface area contributed by atoms with Gasteiger partial charge in [0.25, 0.3) is 0 Å². The number of hydrogen-bond acceptors (Lipinski definition) is 2. The zero-order valence-corrected chi connectivity index (χ0v) is 11.1. The van der Waals surface area contributed by atoms with Crippen LogP contribution in [0.4, 0.5) is 0 Å². The maximum absolute atomic E-state index is 12.2. The highest BCUT2D eigenvalue weighted by Crippen LogP contribution is 2.14. The first-order valence-electron chi connectivity index (χ1n) is 6.55. The Hall–Kier alpha value is -0.570. The van der Waals surface area contributed by atoms with E-state index in [1.807, 2.05) is 11.9 Å². The fourth-order valence-corrected chi connectivity index (χ4v) is 2.29. The number of carbonyl (C=O) groups excluding carboxylic acids is 1. The molecule has 3 unspecified atom stereocenters. The lowest BCUT2D eigenvalue weighted by molar-refractivity contribution is -0.133. The Labute approximate surface area is 99.6 Å². The molecule has 1 fully saturated rings. The van der Waals surface area contributed by atoms with Crippen molar-refractivity contribution in [3.05, 3.63) is 0 Å². The summed E-state index contributed by atoms with van der Waals surface area (Å²) in [5.74, 6) is 0.863.